The predicted octanol–water partition coefficient (Wildman–Crippen LogP) is 3.48. The molecule has 1 aliphatic heterocycles. The number of ketones is 1. The summed E-state index contributed by atoms with van der Waals surface area (Å²) in [6.45, 7) is 7.45. The van der Waals surface area contributed by atoms with E-state index in [1.807, 2.05) is 51.1 Å². The van der Waals surface area contributed by atoms with E-state index in [9.17, 15) is 33.6 Å². The molecule has 14 nitrogen and oxygen atoms in total. The first-order valence-corrected chi connectivity index (χ1v) is 19.7. The van der Waals surface area contributed by atoms with Crippen LogP contribution in [0.25, 0.3) is 0 Å². The Balaban J connectivity index is 1.52. The number of nitrogens with one attached hydrogen (secondary N) is 4. The molecule has 304 valence electrons. The minimum absolute atomic E-state index is 0.0989. The summed E-state index contributed by atoms with van der Waals surface area (Å²) in [6.07, 6.45) is 5.06. The third-order valence-electron chi connectivity index (χ3n) is 10.4. The molecule has 0 radical (unpaired) electrons. The Kier molecular flexibility index (Phi) is 16.0. The highest BCUT2D eigenvalue weighted by Crippen LogP contribution is 2.39. The van der Waals surface area contributed by atoms with Crippen LogP contribution in [0.4, 0.5) is 4.79 Å². The molecule has 14 heteroatoms. The average Bonchev–Trinajstić information content (AvgIpc) is 3.54. The van der Waals surface area contributed by atoms with E-state index in [0.29, 0.717) is 18.4 Å². The SMILES string of the molecule is CCCC(NC(=O)C1CC(C)(Cc2ccccc2)CN1C(=O)[C@@H](NC(=O)OCC(C)C)C1CCCCC1)C(=O)C(=O)NCC(=O)N[C@H](C(N)=O)c1ccccc1. The highest BCUT2D eigenvalue weighted by molar-refractivity contribution is 6.38. The van der Waals surface area contributed by atoms with Crippen molar-refractivity contribution in [3.8, 4) is 0 Å². The number of rotatable bonds is 18. The largest absolute Gasteiger partial charge is 0.449 e. The molecule has 1 saturated heterocycles. The van der Waals surface area contributed by atoms with E-state index in [1.165, 1.54) is 4.90 Å². The van der Waals surface area contributed by atoms with Crippen LogP contribution in [0.3, 0.4) is 0 Å². The predicted molar refractivity (Wildman–Crippen MR) is 209 cm³/mol. The molecule has 4 rings (SSSR count). The van der Waals surface area contributed by atoms with Gasteiger partial charge in [0.1, 0.15) is 18.1 Å². The van der Waals surface area contributed by atoms with Gasteiger partial charge in [-0.05, 0) is 60.5 Å². The molecule has 1 saturated carbocycles. The van der Waals surface area contributed by atoms with E-state index in [0.717, 1.165) is 37.7 Å². The van der Waals surface area contributed by atoms with Crippen molar-refractivity contribution in [2.45, 2.75) is 110 Å². The zero-order valence-electron chi connectivity index (χ0n) is 33.0. The lowest BCUT2D eigenvalue weighted by molar-refractivity contribution is -0.143. The minimum Gasteiger partial charge on any atom is -0.449 e. The topological polar surface area (TPSA) is 206 Å². The second-order valence-corrected chi connectivity index (χ2v) is 15.9. The number of nitrogens with zero attached hydrogens (tertiary/aromatic N) is 1. The number of amides is 6. The van der Waals surface area contributed by atoms with E-state index in [1.54, 1.807) is 37.3 Å². The molecular weight excluding hydrogens is 716 g/mol. The van der Waals surface area contributed by atoms with Crippen LogP contribution in [-0.4, -0.2) is 84.1 Å². The normalized spacial score (nSPS) is 19.9. The second kappa shape index (κ2) is 20.6. The van der Waals surface area contributed by atoms with Gasteiger partial charge >= 0.3 is 6.09 Å². The fourth-order valence-corrected chi connectivity index (χ4v) is 7.69. The Labute approximate surface area is 329 Å². The fraction of sp³-hybridized carbons (Fsp3) is 0.548. The van der Waals surface area contributed by atoms with Crippen LogP contribution >= 0.6 is 0 Å². The van der Waals surface area contributed by atoms with Crippen LogP contribution in [0.2, 0.25) is 0 Å². The van der Waals surface area contributed by atoms with Crippen LogP contribution in [0.1, 0.15) is 96.2 Å². The van der Waals surface area contributed by atoms with E-state index in [-0.39, 0.29) is 43.7 Å². The van der Waals surface area contributed by atoms with Gasteiger partial charge in [0.05, 0.1) is 19.2 Å². The summed E-state index contributed by atoms with van der Waals surface area (Å²) in [4.78, 5) is 94.8. The highest BCUT2D eigenvalue weighted by atomic mass is 16.5. The maximum absolute atomic E-state index is 14.7. The van der Waals surface area contributed by atoms with Gasteiger partial charge in [-0.1, -0.05) is 114 Å². The van der Waals surface area contributed by atoms with Crippen LogP contribution < -0.4 is 27.0 Å². The van der Waals surface area contributed by atoms with E-state index in [2.05, 4.69) is 21.3 Å². The number of hydrogen-bond acceptors (Lipinski definition) is 8. The number of carbonyl (C=O) groups excluding carboxylic acids is 7. The quantitative estimate of drug-likeness (QED) is 0.142. The van der Waals surface area contributed by atoms with E-state index in [4.69, 9.17) is 10.5 Å². The van der Waals surface area contributed by atoms with Crippen molar-refractivity contribution in [1.82, 2.24) is 26.2 Å². The zero-order chi connectivity index (χ0) is 40.8. The van der Waals surface area contributed by atoms with Gasteiger partial charge in [0.25, 0.3) is 5.91 Å². The van der Waals surface area contributed by atoms with Gasteiger partial charge in [-0.3, -0.25) is 28.8 Å². The molecule has 2 aromatic rings. The van der Waals surface area contributed by atoms with Crippen molar-refractivity contribution in [3.05, 3.63) is 71.8 Å². The highest BCUT2D eigenvalue weighted by Gasteiger charge is 2.49. The first-order chi connectivity index (χ1) is 26.7. The van der Waals surface area contributed by atoms with Crippen molar-refractivity contribution >= 4 is 41.4 Å². The molecular formula is C42H58N6O8. The first kappa shape index (κ1) is 43.5. The average molecular weight is 775 g/mol. The molecule has 2 aliphatic rings. The lowest BCUT2D eigenvalue weighted by atomic mass is 9.81. The summed E-state index contributed by atoms with van der Waals surface area (Å²) in [7, 11) is 0. The van der Waals surface area contributed by atoms with Crippen molar-refractivity contribution < 1.29 is 38.3 Å². The summed E-state index contributed by atoms with van der Waals surface area (Å²) >= 11 is 0. The number of alkyl carbamates (subject to hydrolysis) is 1. The van der Waals surface area contributed by atoms with Crippen LogP contribution in [-0.2, 0) is 39.9 Å². The molecule has 0 aromatic heterocycles. The molecule has 6 N–H and O–H groups in total. The zero-order valence-corrected chi connectivity index (χ0v) is 33.0. The molecule has 1 heterocycles. The number of Topliss-reactive ketones (excluding diaryl/α,β-unsaturated/α-hetero) is 1. The smallest absolute Gasteiger partial charge is 0.407 e. The van der Waals surface area contributed by atoms with Crippen LogP contribution in [0.5, 0.6) is 0 Å². The number of nitrogens with two attached hydrogens (primary N) is 1. The van der Waals surface area contributed by atoms with Crippen LogP contribution in [0, 0.1) is 17.3 Å². The lowest BCUT2D eigenvalue weighted by Gasteiger charge is -2.35. The number of hydrogen-bond donors (Lipinski definition) is 5. The van der Waals surface area contributed by atoms with Crippen molar-refractivity contribution in [1.29, 1.82) is 0 Å². The maximum Gasteiger partial charge on any atom is 0.407 e. The molecule has 5 atom stereocenters. The fourth-order valence-electron chi connectivity index (χ4n) is 7.69. The van der Waals surface area contributed by atoms with Gasteiger partial charge in [-0.25, -0.2) is 4.79 Å². The lowest BCUT2D eigenvalue weighted by Crippen LogP contribution is -2.58. The summed E-state index contributed by atoms with van der Waals surface area (Å²) in [5, 5.41) is 10.4. The Morgan fingerprint density at radius 3 is 2.14 bits per heavy atom. The third-order valence-corrected chi connectivity index (χ3v) is 10.4. The molecule has 0 spiro atoms. The first-order valence-electron chi connectivity index (χ1n) is 19.7. The summed E-state index contributed by atoms with van der Waals surface area (Å²) < 4.78 is 5.42. The number of primary amides is 1. The van der Waals surface area contributed by atoms with Gasteiger partial charge in [0.15, 0.2) is 0 Å². The number of benzene rings is 2. The van der Waals surface area contributed by atoms with Gasteiger partial charge in [-0.2, -0.15) is 0 Å². The van der Waals surface area contributed by atoms with Gasteiger partial charge in [-0.15, -0.1) is 0 Å². The van der Waals surface area contributed by atoms with Crippen LogP contribution in [0.15, 0.2) is 60.7 Å². The maximum atomic E-state index is 14.7. The van der Waals surface area contributed by atoms with Gasteiger partial charge < -0.3 is 36.6 Å². The number of likely N-dealkylation sites (tertiary alicyclic amines) is 1. The van der Waals surface area contributed by atoms with Gasteiger partial charge in [0, 0.05) is 6.54 Å². The number of ether oxygens (including phenoxy) is 1. The Bertz CT molecular complexity index is 1680. The third kappa shape index (κ3) is 12.4. The van der Waals surface area contributed by atoms with Gasteiger partial charge in [0.2, 0.25) is 29.4 Å². The summed E-state index contributed by atoms with van der Waals surface area (Å²) in [5.41, 5.74) is 6.44. The summed E-state index contributed by atoms with van der Waals surface area (Å²) in [6, 6.07) is 13.8. The second-order valence-electron chi connectivity index (χ2n) is 15.9. The Morgan fingerprint density at radius 2 is 1.54 bits per heavy atom. The molecule has 6 amide bonds. The Hall–Kier alpha value is -5.27. The Morgan fingerprint density at radius 1 is 0.893 bits per heavy atom. The molecule has 56 heavy (non-hydrogen) atoms. The number of carbonyl (C=O) groups is 7. The summed E-state index contributed by atoms with van der Waals surface area (Å²) in [5.74, 6) is -4.63. The minimum atomic E-state index is -1.24. The van der Waals surface area contributed by atoms with Crippen molar-refractivity contribution in [3.63, 3.8) is 0 Å². The molecule has 0 bridgehead atoms. The standard InChI is InChI=1S/C42H58N6O8/c1-5-15-31(36(50)39(53)44-24-33(49)46-34(37(43)51)29-18-11-7-12-19-29)45-38(52)32-23-42(4,22-28-16-9-6-10-17-28)26-48(32)40(54)35(30-20-13-8-14-21-30)47-41(55)56-25-27(2)3/h6-7,9-12,16-19,27,30-32,34-35H,5,8,13-15,20-26H2,1-4H3,(H2,43,51)(H,44,53)(H,45,52)(H,46,49)(H,47,55)/t31?,32?,34-,35-,42?/m0/s1. The molecule has 3 unspecified atom stereocenters. The van der Waals surface area contributed by atoms with Crippen molar-refractivity contribution in [2.24, 2.45) is 23.0 Å². The molecule has 2 fully saturated rings. The van der Waals surface area contributed by atoms with E-state index < -0.39 is 71.6 Å². The molecule has 1 aliphatic carbocycles. The monoisotopic (exact) mass is 774 g/mol. The van der Waals surface area contributed by atoms with E-state index >= 15 is 0 Å². The van der Waals surface area contributed by atoms with Crippen molar-refractivity contribution in [2.75, 3.05) is 19.7 Å². The molecule has 2 aromatic carbocycles.